The lowest BCUT2D eigenvalue weighted by Gasteiger charge is -2.33. The Morgan fingerprint density at radius 3 is 1.97 bits per heavy atom. The van der Waals surface area contributed by atoms with E-state index in [0.29, 0.717) is 43.3 Å². The van der Waals surface area contributed by atoms with Crippen LogP contribution >= 0.6 is 11.6 Å². The summed E-state index contributed by atoms with van der Waals surface area (Å²) in [5, 5.41) is 3.32. The van der Waals surface area contributed by atoms with Crippen molar-refractivity contribution in [3.63, 3.8) is 0 Å². The highest BCUT2D eigenvalue weighted by Gasteiger charge is 2.21. The minimum Gasteiger partial charge on any atom is -0.324 e. The van der Waals surface area contributed by atoms with E-state index >= 15 is 0 Å². The molecule has 2 aromatic rings. The average molecular weight is 458 g/mol. The van der Waals surface area contributed by atoms with Crippen LogP contribution in [0.3, 0.4) is 0 Å². The summed E-state index contributed by atoms with van der Waals surface area (Å²) in [7, 11) is 0. The first-order chi connectivity index (χ1) is 15.3. The van der Waals surface area contributed by atoms with Crippen LogP contribution in [0, 0.1) is 13.8 Å². The number of nitrogens with zero attached hydrogens (tertiary/aromatic N) is 2. The molecule has 0 bridgehead atoms. The molecule has 8 nitrogen and oxygen atoms in total. The molecule has 9 heteroatoms. The SMILES string of the molecule is Cc1cccc(C)c1NC(=O)CN1CCN(CC(=O)NNC(=O)c2ccccc2Cl)CC1. The van der Waals surface area contributed by atoms with Crippen LogP contribution in [0.15, 0.2) is 42.5 Å². The summed E-state index contributed by atoms with van der Waals surface area (Å²) in [4.78, 5) is 40.8. The molecule has 1 aliphatic heterocycles. The van der Waals surface area contributed by atoms with Crippen molar-refractivity contribution in [1.82, 2.24) is 20.7 Å². The van der Waals surface area contributed by atoms with Gasteiger partial charge in [0.2, 0.25) is 5.91 Å². The lowest BCUT2D eigenvalue weighted by molar-refractivity contribution is -0.124. The monoisotopic (exact) mass is 457 g/mol. The molecule has 0 unspecified atom stereocenters. The average Bonchev–Trinajstić information content (AvgIpc) is 2.76. The fourth-order valence-corrected chi connectivity index (χ4v) is 3.80. The van der Waals surface area contributed by atoms with Crippen LogP contribution in [-0.4, -0.2) is 66.8 Å². The molecule has 0 aliphatic carbocycles. The van der Waals surface area contributed by atoms with Crippen molar-refractivity contribution >= 4 is 35.0 Å². The van der Waals surface area contributed by atoms with E-state index in [-0.39, 0.29) is 18.4 Å². The second kappa shape index (κ2) is 11.1. The first-order valence-electron chi connectivity index (χ1n) is 10.5. The molecule has 1 saturated heterocycles. The molecular weight excluding hydrogens is 430 g/mol. The van der Waals surface area contributed by atoms with Crippen molar-refractivity contribution in [2.24, 2.45) is 0 Å². The van der Waals surface area contributed by atoms with Crippen molar-refractivity contribution in [2.75, 3.05) is 44.6 Å². The molecule has 0 aromatic heterocycles. The van der Waals surface area contributed by atoms with E-state index in [4.69, 9.17) is 11.6 Å². The van der Waals surface area contributed by atoms with Gasteiger partial charge in [-0.25, -0.2) is 0 Å². The van der Waals surface area contributed by atoms with Crippen LogP contribution in [0.4, 0.5) is 5.69 Å². The number of amides is 3. The minimum absolute atomic E-state index is 0.0455. The van der Waals surface area contributed by atoms with Crippen molar-refractivity contribution in [3.8, 4) is 0 Å². The summed E-state index contributed by atoms with van der Waals surface area (Å²) in [6, 6.07) is 12.5. The van der Waals surface area contributed by atoms with Gasteiger partial charge >= 0.3 is 0 Å². The van der Waals surface area contributed by atoms with Gasteiger partial charge in [-0.2, -0.15) is 0 Å². The van der Waals surface area contributed by atoms with E-state index in [9.17, 15) is 14.4 Å². The van der Waals surface area contributed by atoms with Crippen LogP contribution in [-0.2, 0) is 9.59 Å². The molecule has 1 aliphatic rings. The minimum atomic E-state index is -0.469. The Bertz CT molecular complexity index is 969. The molecule has 0 radical (unpaired) electrons. The summed E-state index contributed by atoms with van der Waals surface area (Å²) in [5.41, 5.74) is 8.04. The van der Waals surface area contributed by atoms with E-state index < -0.39 is 5.91 Å². The van der Waals surface area contributed by atoms with Gasteiger partial charge in [-0.05, 0) is 37.1 Å². The van der Waals surface area contributed by atoms with E-state index in [1.54, 1.807) is 24.3 Å². The van der Waals surface area contributed by atoms with Crippen molar-refractivity contribution in [1.29, 1.82) is 0 Å². The standard InChI is InChI=1S/C23H28ClN5O3/c1-16-6-5-7-17(2)22(16)25-20(30)14-28-10-12-29(13-11-28)15-21(31)26-27-23(32)18-8-3-4-9-19(18)24/h3-9H,10-15H2,1-2H3,(H,25,30)(H,26,31)(H,27,32). The molecular formula is C23H28ClN5O3. The van der Waals surface area contributed by atoms with Gasteiger partial charge in [-0.1, -0.05) is 41.9 Å². The summed E-state index contributed by atoms with van der Waals surface area (Å²) < 4.78 is 0. The zero-order valence-electron chi connectivity index (χ0n) is 18.3. The number of halogens is 1. The van der Waals surface area contributed by atoms with Crippen molar-refractivity contribution in [3.05, 3.63) is 64.2 Å². The lowest BCUT2D eigenvalue weighted by atomic mass is 10.1. The number of carbonyl (C=O) groups is 3. The predicted octanol–water partition coefficient (Wildman–Crippen LogP) is 1.97. The molecule has 3 rings (SSSR count). The fourth-order valence-electron chi connectivity index (χ4n) is 3.58. The topological polar surface area (TPSA) is 93.8 Å². The first kappa shape index (κ1) is 23.7. The molecule has 1 fully saturated rings. The van der Waals surface area contributed by atoms with Gasteiger partial charge in [0, 0.05) is 31.9 Å². The lowest BCUT2D eigenvalue weighted by Crippen LogP contribution is -2.52. The van der Waals surface area contributed by atoms with Gasteiger partial charge in [0.05, 0.1) is 23.7 Å². The normalized spacial score (nSPS) is 14.6. The Labute approximate surface area is 192 Å². The molecule has 0 saturated carbocycles. The number of hydrogen-bond acceptors (Lipinski definition) is 5. The number of aryl methyl sites for hydroxylation is 2. The van der Waals surface area contributed by atoms with Gasteiger partial charge in [-0.3, -0.25) is 35.0 Å². The maximum absolute atomic E-state index is 12.5. The smallest absolute Gasteiger partial charge is 0.271 e. The Morgan fingerprint density at radius 1 is 0.812 bits per heavy atom. The van der Waals surface area contributed by atoms with Gasteiger partial charge in [0.15, 0.2) is 0 Å². The van der Waals surface area contributed by atoms with E-state index in [1.807, 2.05) is 36.9 Å². The summed E-state index contributed by atoms with van der Waals surface area (Å²) in [6.07, 6.45) is 0. The Morgan fingerprint density at radius 2 is 1.38 bits per heavy atom. The number of carbonyl (C=O) groups excluding carboxylic acids is 3. The van der Waals surface area contributed by atoms with E-state index in [1.165, 1.54) is 0 Å². The zero-order chi connectivity index (χ0) is 23.1. The first-order valence-corrected chi connectivity index (χ1v) is 10.9. The summed E-state index contributed by atoms with van der Waals surface area (Å²) in [6.45, 7) is 7.09. The molecule has 32 heavy (non-hydrogen) atoms. The van der Waals surface area contributed by atoms with Gasteiger partial charge in [-0.15, -0.1) is 0 Å². The molecule has 0 spiro atoms. The molecule has 1 heterocycles. The Kier molecular flexibility index (Phi) is 8.21. The van der Waals surface area contributed by atoms with Crippen LogP contribution < -0.4 is 16.2 Å². The molecule has 0 atom stereocenters. The van der Waals surface area contributed by atoms with Crippen LogP contribution in [0.2, 0.25) is 5.02 Å². The van der Waals surface area contributed by atoms with Crippen LogP contribution in [0.1, 0.15) is 21.5 Å². The van der Waals surface area contributed by atoms with Crippen LogP contribution in [0.25, 0.3) is 0 Å². The maximum Gasteiger partial charge on any atom is 0.271 e. The number of hydrogen-bond donors (Lipinski definition) is 3. The number of nitrogens with one attached hydrogen (secondary N) is 3. The second-order valence-corrected chi connectivity index (χ2v) is 8.26. The van der Waals surface area contributed by atoms with Crippen LogP contribution in [0.5, 0.6) is 0 Å². The third-order valence-corrected chi connectivity index (χ3v) is 5.71. The number of piperazine rings is 1. The summed E-state index contributed by atoms with van der Waals surface area (Å²) in [5.74, 6) is -0.828. The second-order valence-electron chi connectivity index (χ2n) is 7.85. The number of anilines is 1. The molecule has 3 N–H and O–H groups in total. The zero-order valence-corrected chi connectivity index (χ0v) is 19.0. The largest absolute Gasteiger partial charge is 0.324 e. The highest BCUT2D eigenvalue weighted by molar-refractivity contribution is 6.33. The quantitative estimate of drug-likeness (QED) is 0.577. The van der Waals surface area contributed by atoms with E-state index in [2.05, 4.69) is 21.1 Å². The molecule has 2 aromatic carbocycles. The fraction of sp³-hybridized carbons (Fsp3) is 0.348. The van der Waals surface area contributed by atoms with Gasteiger partial charge in [0.1, 0.15) is 0 Å². The highest BCUT2D eigenvalue weighted by Crippen LogP contribution is 2.19. The molecule has 3 amide bonds. The third-order valence-electron chi connectivity index (χ3n) is 5.38. The Hall–Kier alpha value is -2.94. The number of rotatable bonds is 6. The summed E-state index contributed by atoms with van der Waals surface area (Å²) >= 11 is 5.99. The molecule has 170 valence electrons. The number of hydrazine groups is 1. The van der Waals surface area contributed by atoms with Gasteiger partial charge < -0.3 is 5.32 Å². The maximum atomic E-state index is 12.5. The van der Waals surface area contributed by atoms with Gasteiger partial charge in [0.25, 0.3) is 11.8 Å². The Balaban J connectivity index is 1.38. The van der Waals surface area contributed by atoms with E-state index in [0.717, 1.165) is 16.8 Å². The van der Waals surface area contributed by atoms with Crippen molar-refractivity contribution in [2.45, 2.75) is 13.8 Å². The number of benzene rings is 2. The number of para-hydroxylation sites is 1. The highest BCUT2D eigenvalue weighted by atomic mass is 35.5. The van der Waals surface area contributed by atoms with Crippen molar-refractivity contribution < 1.29 is 14.4 Å². The predicted molar refractivity (Wildman–Crippen MR) is 124 cm³/mol. The third kappa shape index (κ3) is 6.53.